The van der Waals surface area contributed by atoms with Gasteiger partial charge in [0.05, 0.1) is 11.6 Å². The van der Waals surface area contributed by atoms with Crippen LogP contribution in [0.2, 0.25) is 0 Å². The van der Waals surface area contributed by atoms with E-state index in [1.165, 1.54) is 23.8 Å². The second kappa shape index (κ2) is 25.3. The van der Waals surface area contributed by atoms with E-state index in [1.54, 1.807) is 12.3 Å². The third-order valence-electron chi connectivity index (χ3n) is 7.31. The lowest BCUT2D eigenvalue weighted by molar-refractivity contribution is 0.191. The molecule has 2 rings (SSSR count). The standard InChI is InChI=1S/C25H34FN3.C13H19N.C3H8/c1-7-12-19(4)28-15-17-29(18-16-28)21(6)25(20(5)27-9-3)22(8-2)23-13-10-11-14-24(23)26;1-4-6-7-9-13(11-14)10-12(3)8-5-2;1-3-2/h8-14H,3,7,15-18H2,1-2,4-6H3;6-7,9-10H,4-5,8H2,1-3H3;3H2,1-2H3/b19-12-,22-8-,25-21-,27-20?;7-6+,12-10+,13-9+;. The Morgan fingerprint density at radius 2 is 1.59 bits per heavy atom. The van der Waals surface area contributed by atoms with Crippen LogP contribution in [-0.2, 0) is 0 Å². The summed E-state index contributed by atoms with van der Waals surface area (Å²) in [4.78, 5) is 9.27. The lowest BCUT2D eigenvalue weighted by Crippen LogP contribution is -2.45. The summed E-state index contributed by atoms with van der Waals surface area (Å²) in [5.74, 6) is -0.220. The Hall–Kier alpha value is -3.91. The molecular weight excluding hydrogens is 567 g/mol. The zero-order valence-corrected chi connectivity index (χ0v) is 30.6. The van der Waals surface area contributed by atoms with Gasteiger partial charge >= 0.3 is 0 Å². The molecule has 0 N–H and O–H groups in total. The van der Waals surface area contributed by atoms with E-state index in [9.17, 15) is 4.39 Å². The number of allylic oxidation sites excluding steroid dienone is 12. The molecule has 1 aliphatic rings. The van der Waals surface area contributed by atoms with E-state index in [4.69, 9.17) is 5.26 Å². The molecule has 0 aliphatic carbocycles. The van der Waals surface area contributed by atoms with Crippen LogP contribution in [0.5, 0.6) is 0 Å². The van der Waals surface area contributed by atoms with E-state index < -0.39 is 0 Å². The van der Waals surface area contributed by atoms with E-state index in [2.05, 4.69) is 88.9 Å². The van der Waals surface area contributed by atoms with Crippen LogP contribution in [0.15, 0.2) is 107 Å². The molecule has 1 fully saturated rings. The van der Waals surface area contributed by atoms with Crippen molar-refractivity contribution in [2.45, 2.75) is 101 Å². The van der Waals surface area contributed by atoms with Gasteiger partial charge in [-0.1, -0.05) is 102 Å². The third-order valence-corrected chi connectivity index (χ3v) is 7.31. The number of aliphatic imine (C=N–C) groups is 1. The van der Waals surface area contributed by atoms with Gasteiger partial charge in [-0.3, -0.25) is 4.99 Å². The number of hydrogen-bond donors (Lipinski definition) is 0. The van der Waals surface area contributed by atoms with E-state index in [1.807, 2.05) is 56.4 Å². The topological polar surface area (TPSA) is 42.6 Å². The van der Waals surface area contributed by atoms with Gasteiger partial charge in [-0.25, -0.2) is 4.39 Å². The van der Waals surface area contributed by atoms with Crippen molar-refractivity contribution in [1.29, 1.82) is 5.26 Å². The summed E-state index contributed by atoms with van der Waals surface area (Å²) in [6.45, 7) is 28.5. The predicted molar refractivity (Wildman–Crippen MR) is 201 cm³/mol. The first-order valence-corrected chi connectivity index (χ1v) is 17.0. The highest BCUT2D eigenvalue weighted by atomic mass is 19.1. The van der Waals surface area contributed by atoms with Crippen LogP contribution in [0.3, 0.4) is 0 Å². The van der Waals surface area contributed by atoms with Gasteiger partial charge in [0.1, 0.15) is 5.82 Å². The Morgan fingerprint density at radius 1 is 0.978 bits per heavy atom. The van der Waals surface area contributed by atoms with Gasteiger partial charge < -0.3 is 9.80 Å². The SMILES string of the molecule is C=CN=C(C)C(/C(=C\C)c1ccccc1F)=C(\C)N1CCN(/C(C)=C\CC)CC1.CC/C=C/C=C(C#N)\C=C(/C)CCC.CCC. The van der Waals surface area contributed by atoms with Crippen LogP contribution in [0.4, 0.5) is 4.39 Å². The number of halogens is 1. The van der Waals surface area contributed by atoms with E-state index in [-0.39, 0.29) is 5.82 Å². The maximum absolute atomic E-state index is 14.6. The lowest BCUT2D eigenvalue weighted by atomic mass is 9.92. The van der Waals surface area contributed by atoms with Crippen molar-refractivity contribution in [1.82, 2.24) is 9.80 Å². The molecule has 0 amide bonds. The van der Waals surface area contributed by atoms with Gasteiger partial charge in [-0.15, -0.1) is 0 Å². The second-order valence-corrected chi connectivity index (χ2v) is 11.3. The van der Waals surface area contributed by atoms with E-state index in [0.29, 0.717) is 5.56 Å². The number of piperazine rings is 1. The normalized spacial score (nSPS) is 15.4. The highest BCUT2D eigenvalue weighted by Crippen LogP contribution is 2.31. The zero-order chi connectivity index (χ0) is 34.9. The van der Waals surface area contributed by atoms with E-state index >= 15 is 0 Å². The molecule has 5 heteroatoms. The first-order chi connectivity index (χ1) is 22.1. The van der Waals surface area contributed by atoms with Crippen LogP contribution in [0.25, 0.3) is 5.57 Å². The van der Waals surface area contributed by atoms with Crippen LogP contribution in [0, 0.1) is 17.1 Å². The molecule has 252 valence electrons. The van der Waals surface area contributed by atoms with Gasteiger partial charge in [0.2, 0.25) is 0 Å². The Bertz CT molecular complexity index is 1310. The number of rotatable bonds is 12. The maximum Gasteiger partial charge on any atom is 0.131 e. The average Bonchev–Trinajstić information content (AvgIpc) is 3.04. The van der Waals surface area contributed by atoms with Crippen LogP contribution in [0.1, 0.15) is 107 Å². The Morgan fingerprint density at radius 3 is 2.09 bits per heavy atom. The molecule has 46 heavy (non-hydrogen) atoms. The van der Waals surface area contributed by atoms with Crippen molar-refractivity contribution in [2.75, 3.05) is 26.2 Å². The molecule has 0 spiro atoms. The molecule has 1 aliphatic heterocycles. The molecule has 4 nitrogen and oxygen atoms in total. The summed E-state index contributed by atoms with van der Waals surface area (Å²) < 4.78 is 14.6. The largest absolute Gasteiger partial charge is 0.372 e. The van der Waals surface area contributed by atoms with Crippen molar-refractivity contribution in [2.24, 2.45) is 4.99 Å². The number of benzene rings is 1. The summed E-state index contributed by atoms with van der Waals surface area (Å²) in [5, 5.41) is 8.85. The predicted octanol–water partition coefficient (Wildman–Crippen LogP) is 11.6. The number of hydrogen-bond acceptors (Lipinski definition) is 4. The molecular formula is C41H61FN4. The fraction of sp³-hybridized carbons (Fsp3) is 0.463. The van der Waals surface area contributed by atoms with Crippen LogP contribution in [-0.4, -0.2) is 41.7 Å². The van der Waals surface area contributed by atoms with Crippen molar-refractivity contribution >= 4 is 11.3 Å². The van der Waals surface area contributed by atoms with Crippen molar-refractivity contribution in [3.05, 3.63) is 113 Å². The Kier molecular flexibility index (Phi) is 23.2. The summed E-state index contributed by atoms with van der Waals surface area (Å²) in [5.41, 5.74) is 7.77. The molecule has 1 saturated heterocycles. The first kappa shape index (κ1) is 42.1. The second-order valence-electron chi connectivity index (χ2n) is 11.3. The maximum atomic E-state index is 14.6. The fourth-order valence-corrected chi connectivity index (χ4v) is 5.10. The van der Waals surface area contributed by atoms with Gasteiger partial charge in [-0.2, -0.15) is 5.26 Å². The highest BCUT2D eigenvalue weighted by Gasteiger charge is 2.23. The minimum absolute atomic E-state index is 0.220. The summed E-state index contributed by atoms with van der Waals surface area (Å²) in [7, 11) is 0. The smallest absolute Gasteiger partial charge is 0.131 e. The quantitative estimate of drug-likeness (QED) is 0.131. The molecule has 0 radical (unpaired) electrons. The van der Waals surface area contributed by atoms with Gasteiger partial charge in [0.15, 0.2) is 0 Å². The minimum atomic E-state index is -0.220. The highest BCUT2D eigenvalue weighted by molar-refractivity contribution is 6.12. The Labute approximate surface area is 281 Å². The van der Waals surface area contributed by atoms with Gasteiger partial charge in [-0.05, 0) is 77.7 Å². The zero-order valence-electron chi connectivity index (χ0n) is 30.6. The monoisotopic (exact) mass is 628 g/mol. The molecule has 0 aromatic heterocycles. The third kappa shape index (κ3) is 15.4. The molecule has 1 heterocycles. The average molecular weight is 629 g/mol. The molecule has 0 saturated carbocycles. The van der Waals surface area contributed by atoms with Gasteiger partial charge in [0, 0.05) is 60.6 Å². The van der Waals surface area contributed by atoms with E-state index in [0.717, 1.165) is 80.0 Å². The molecule has 0 atom stereocenters. The molecule has 1 aromatic rings. The van der Waals surface area contributed by atoms with Crippen LogP contribution >= 0.6 is 0 Å². The molecule has 0 unspecified atom stereocenters. The number of nitrogens with zero attached hydrogens (tertiary/aromatic N) is 4. The van der Waals surface area contributed by atoms with Crippen LogP contribution < -0.4 is 0 Å². The summed E-state index contributed by atoms with van der Waals surface area (Å²) in [6.07, 6.45) is 19.1. The molecule has 1 aromatic carbocycles. The van der Waals surface area contributed by atoms with Gasteiger partial charge in [0.25, 0.3) is 0 Å². The van der Waals surface area contributed by atoms with Crippen molar-refractivity contribution < 1.29 is 4.39 Å². The summed E-state index contributed by atoms with van der Waals surface area (Å²) in [6, 6.07) is 9.11. The molecule has 0 bridgehead atoms. The van der Waals surface area contributed by atoms with Crippen molar-refractivity contribution in [3.63, 3.8) is 0 Å². The van der Waals surface area contributed by atoms with Crippen molar-refractivity contribution in [3.8, 4) is 6.07 Å². The summed E-state index contributed by atoms with van der Waals surface area (Å²) >= 11 is 0. The number of nitriles is 1. The first-order valence-electron chi connectivity index (χ1n) is 17.0. The fourth-order valence-electron chi connectivity index (χ4n) is 5.10. The lowest BCUT2D eigenvalue weighted by Gasteiger charge is -2.39. The minimum Gasteiger partial charge on any atom is -0.372 e. The Balaban J connectivity index is 0.000000998.